The van der Waals surface area contributed by atoms with Crippen molar-refractivity contribution in [3.8, 4) is 11.4 Å². The molecule has 2 heterocycles. The van der Waals surface area contributed by atoms with Gasteiger partial charge in [-0.3, -0.25) is 14.5 Å². The Morgan fingerprint density at radius 1 is 1.32 bits per heavy atom. The number of rotatable bonds is 5. The third-order valence-corrected chi connectivity index (χ3v) is 4.25. The van der Waals surface area contributed by atoms with Crippen molar-refractivity contribution in [2.45, 2.75) is 26.9 Å². The number of likely N-dealkylation sites (N-methyl/N-ethyl adjacent to an activating group) is 1. The Morgan fingerprint density at radius 2 is 2.12 bits per heavy atom. The van der Waals surface area contributed by atoms with E-state index in [9.17, 15) is 4.79 Å². The lowest BCUT2D eigenvalue weighted by Gasteiger charge is -2.16. The average Bonchev–Trinajstić information content (AvgIpc) is 3.14. The first-order chi connectivity index (χ1) is 11.9. The molecule has 0 unspecified atom stereocenters. The van der Waals surface area contributed by atoms with Crippen LogP contribution in [0.4, 0.5) is 0 Å². The van der Waals surface area contributed by atoms with E-state index in [1.165, 1.54) is 0 Å². The van der Waals surface area contributed by atoms with Gasteiger partial charge in [0, 0.05) is 12.6 Å². The van der Waals surface area contributed by atoms with Crippen molar-refractivity contribution in [1.82, 2.24) is 19.7 Å². The summed E-state index contributed by atoms with van der Waals surface area (Å²) in [6.07, 6.45) is 0. The molecule has 6 nitrogen and oxygen atoms in total. The normalized spacial score (nSPS) is 10.8. The van der Waals surface area contributed by atoms with Gasteiger partial charge in [-0.2, -0.15) is 5.10 Å². The number of nitrogens with one attached hydrogen (secondary N) is 1. The van der Waals surface area contributed by atoms with Crippen LogP contribution in [0.3, 0.4) is 0 Å². The first-order valence-corrected chi connectivity index (χ1v) is 8.36. The average molecular weight is 356 g/mol. The number of hydrogen-bond donors (Lipinski definition) is 1. The molecule has 0 saturated heterocycles. The number of carbonyl (C=O) groups excluding carboxylic acids is 1. The molecule has 3 aromatic rings. The van der Waals surface area contributed by atoms with Crippen LogP contribution in [0.2, 0.25) is 0 Å². The molecule has 1 amide bonds. The van der Waals surface area contributed by atoms with Crippen LogP contribution < -0.4 is 0 Å². The maximum atomic E-state index is 12.6. The summed E-state index contributed by atoms with van der Waals surface area (Å²) in [5.41, 5.74) is 2.04. The second kappa shape index (κ2) is 7.06. The SMILES string of the molecule is Cc1cccc(-c2n[nH]c(=S)n2CC(=O)N(C)Cc2ccc(C)o2)c1. The quantitative estimate of drug-likeness (QED) is 0.711. The number of amides is 1. The van der Waals surface area contributed by atoms with Gasteiger partial charge < -0.3 is 9.32 Å². The predicted octanol–water partition coefficient (Wildman–Crippen LogP) is 3.48. The molecule has 0 atom stereocenters. The van der Waals surface area contributed by atoms with Crippen molar-refractivity contribution < 1.29 is 9.21 Å². The van der Waals surface area contributed by atoms with Gasteiger partial charge in [-0.1, -0.05) is 23.8 Å². The van der Waals surface area contributed by atoms with E-state index in [2.05, 4.69) is 10.2 Å². The summed E-state index contributed by atoms with van der Waals surface area (Å²) < 4.78 is 7.67. The minimum Gasteiger partial charge on any atom is -0.464 e. The van der Waals surface area contributed by atoms with Crippen molar-refractivity contribution in [2.24, 2.45) is 0 Å². The number of hydrogen-bond acceptors (Lipinski definition) is 4. The number of aromatic amines is 1. The highest BCUT2D eigenvalue weighted by molar-refractivity contribution is 7.71. The molecule has 3 rings (SSSR count). The third-order valence-electron chi connectivity index (χ3n) is 3.94. The second-order valence-electron chi connectivity index (χ2n) is 6.07. The van der Waals surface area contributed by atoms with Gasteiger partial charge in [0.2, 0.25) is 5.91 Å². The summed E-state index contributed by atoms with van der Waals surface area (Å²) >= 11 is 5.30. The van der Waals surface area contributed by atoms with E-state index in [4.69, 9.17) is 16.6 Å². The van der Waals surface area contributed by atoms with Gasteiger partial charge >= 0.3 is 0 Å². The van der Waals surface area contributed by atoms with Crippen LogP contribution >= 0.6 is 12.2 Å². The van der Waals surface area contributed by atoms with E-state index in [-0.39, 0.29) is 12.5 Å². The van der Waals surface area contributed by atoms with Crippen LogP contribution in [0.1, 0.15) is 17.1 Å². The van der Waals surface area contributed by atoms with Gasteiger partial charge in [0.1, 0.15) is 18.1 Å². The third kappa shape index (κ3) is 3.88. The molecule has 0 saturated carbocycles. The first-order valence-electron chi connectivity index (χ1n) is 7.95. The molecule has 0 spiro atoms. The zero-order chi connectivity index (χ0) is 18.0. The largest absolute Gasteiger partial charge is 0.464 e. The smallest absolute Gasteiger partial charge is 0.242 e. The summed E-state index contributed by atoms with van der Waals surface area (Å²) in [7, 11) is 1.75. The van der Waals surface area contributed by atoms with Gasteiger partial charge in [0.05, 0.1) is 6.54 Å². The Labute approximate surface area is 151 Å². The van der Waals surface area contributed by atoms with Crippen LogP contribution in [0.15, 0.2) is 40.8 Å². The van der Waals surface area contributed by atoms with Gasteiger partial charge in [0.15, 0.2) is 10.6 Å². The van der Waals surface area contributed by atoms with Crippen molar-refractivity contribution in [1.29, 1.82) is 0 Å². The molecule has 0 fully saturated rings. The summed E-state index contributed by atoms with van der Waals surface area (Å²) in [5.74, 6) is 2.17. The number of furan rings is 1. The highest BCUT2D eigenvalue weighted by atomic mass is 32.1. The number of aromatic nitrogens is 3. The number of benzene rings is 1. The van der Waals surface area contributed by atoms with Crippen LogP contribution in [-0.2, 0) is 17.9 Å². The molecule has 25 heavy (non-hydrogen) atoms. The molecule has 0 aliphatic heterocycles. The van der Waals surface area contributed by atoms with Crippen LogP contribution in [0, 0.1) is 18.6 Å². The molecule has 0 bridgehead atoms. The number of nitrogens with zero attached hydrogens (tertiary/aromatic N) is 3. The molecule has 0 radical (unpaired) electrons. The molecular formula is C18H20N4O2S. The van der Waals surface area contributed by atoms with Crippen LogP contribution in [0.5, 0.6) is 0 Å². The van der Waals surface area contributed by atoms with Gasteiger partial charge in [-0.25, -0.2) is 0 Å². The van der Waals surface area contributed by atoms with Gasteiger partial charge in [-0.05, 0) is 44.3 Å². The fourth-order valence-corrected chi connectivity index (χ4v) is 2.81. The minimum absolute atomic E-state index is 0.0690. The number of H-pyrrole nitrogens is 1. The standard InChI is InChI=1S/C18H20N4O2S/c1-12-5-4-6-14(9-12)17-19-20-18(25)22(17)11-16(23)21(3)10-15-8-7-13(2)24-15/h4-9H,10-11H2,1-3H3,(H,20,25). The number of carbonyl (C=O) groups is 1. The van der Waals surface area contributed by atoms with E-state index >= 15 is 0 Å². The summed E-state index contributed by atoms with van der Waals surface area (Å²) in [6, 6.07) is 11.7. The van der Waals surface area contributed by atoms with Crippen molar-refractivity contribution in [2.75, 3.05) is 7.05 Å². The first kappa shape index (κ1) is 17.2. The lowest BCUT2D eigenvalue weighted by molar-refractivity contribution is -0.131. The van der Waals surface area contributed by atoms with Crippen molar-refractivity contribution in [3.63, 3.8) is 0 Å². The molecule has 2 aromatic heterocycles. The highest BCUT2D eigenvalue weighted by Crippen LogP contribution is 2.19. The van der Waals surface area contributed by atoms with Crippen LogP contribution in [0.25, 0.3) is 11.4 Å². The van der Waals surface area contributed by atoms with Crippen molar-refractivity contribution in [3.05, 3.63) is 58.3 Å². The zero-order valence-electron chi connectivity index (χ0n) is 14.4. The Morgan fingerprint density at radius 3 is 2.80 bits per heavy atom. The predicted molar refractivity (Wildman–Crippen MR) is 97.5 cm³/mol. The molecule has 0 aliphatic rings. The van der Waals surface area contributed by atoms with E-state index in [0.717, 1.165) is 22.6 Å². The summed E-state index contributed by atoms with van der Waals surface area (Å²) in [6.45, 7) is 4.43. The van der Waals surface area contributed by atoms with Crippen molar-refractivity contribution >= 4 is 18.1 Å². The van der Waals surface area contributed by atoms with Crippen LogP contribution in [-0.4, -0.2) is 32.6 Å². The fraction of sp³-hybridized carbons (Fsp3) is 0.278. The summed E-state index contributed by atoms with van der Waals surface area (Å²) in [5, 5.41) is 7.06. The molecule has 130 valence electrons. The molecular weight excluding hydrogens is 336 g/mol. The van der Waals surface area contributed by atoms with Gasteiger partial charge in [-0.15, -0.1) is 0 Å². The molecule has 0 aliphatic carbocycles. The molecule has 7 heteroatoms. The Hall–Kier alpha value is -2.67. The summed E-state index contributed by atoms with van der Waals surface area (Å²) in [4.78, 5) is 14.2. The highest BCUT2D eigenvalue weighted by Gasteiger charge is 2.16. The van der Waals surface area contributed by atoms with E-state index in [0.29, 0.717) is 17.1 Å². The topological polar surface area (TPSA) is 67.1 Å². The Bertz CT molecular complexity index is 954. The molecule has 1 aromatic carbocycles. The monoisotopic (exact) mass is 356 g/mol. The van der Waals surface area contributed by atoms with E-state index in [1.54, 1.807) is 16.5 Å². The number of aryl methyl sites for hydroxylation is 2. The minimum atomic E-state index is -0.0690. The maximum Gasteiger partial charge on any atom is 0.242 e. The fourth-order valence-electron chi connectivity index (χ4n) is 2.62. The van der Waals surface area contributed by atoms with E-state index in [1.807, 2.05) is 50.2 Å². The molecule has 1 N–H and O–H groups in total. The lowest BCUT2D eigenvalue weighted by Crippen LogP contribution is -2.30. The maximum absolute atomic E-state index is 12.6. The van der Waals surface area contributed by atoms with E-state index < -0.39 is 0 Å². The Balaban J connectivity index is 1.79. The Kier molecular flexibility index (Phi) is 4.85. The zero-order valence-corrected chi connectivity index (χ0v) is 15.3. The lowest BCUT2D eigenvalue weighted by atomic mass is 10.1. The van der Waals surface area contributed by atoms with Gasteiger partial charge in [0.25, 0.3) is 0 Å². The second-order valence-corrected chi connectivity index (χ2v) is 6.46.